The first-order chi connectivity index (χ1) is 10.9. The number of hydrogen-bond donors (Lipinski definition) is 1. The largest absolute Gasteiger partial charge is 0.312 e. The Morgan fingerprint density at radius 1 is 1.09 bits per heavy atom. The minimum absolute atomic E-state index is 0.242. The van der Waals surface area contributed by atoms with Gasteiger partial charge in [0.2, 0.25) is 0 Å². The molecule has 0 spiro atoms. The van der Waals surface area contributed by atoms with Gasteiger partial charge < -0.3 is 5.32 Å². The number of halogens is 2. The summed E-state index contributed by atoms with van der Waals surface area (Å²) >= 11 is 0. The average molecular weight is 323 g/mol. The van der Waals surface area contributed by atoms with Crippen LogP contribution in [-0.2, 0) is 13.0 Å². The lowest BCUT2D eigenvalue weighted by Gasteiger charge is -2.33. The number of fused-ring (bicyclic) bond motifs is 1. The Balaban J connectivity index is 2.54. The molecular formula is C20H31F2N. The minimum Gasteiger partial charge on any atom is -0.312 e. The number of alkyl halides is 2. The molecule has 3 atom stereocenters. The topological polar surface area (TPSA) is 12.0 Å². The summed E-state index contributed by atoms with van der Waals surface area (Å²) in [6, 6.07) is 1.81. The SMILES string of the molecule is CCC(C)C(CC)C(C)c1cc(C(F)F)c(C)c2c1CNCC2. The lowest BCUT2D eigenvalue weighted by atomic mass is 9.74. The fourth-order valence-electron chi connectivity index (χ4n) is 4.33. The molecule has 1 aliphatic rings. The van der Waals surface area contributed by atoms with Crippen LogP contribution in [0.5, 0.6) is 0 Å². The van der Waals surface area contributed by atoms with Crippen LogP contribution in [0.2, 0.25) is 0 Å². The number of hydrogen-bond acceptors (Lipinski definition) is 1. The molecule has 0 radical (unpaired) electrons. The predicted molar refractivity (Wildman–Crippen MR) is 93.2 cm³/mol. The van der Waals surface area contributed by atoms with Crippen LogP contribution in [-0.4, -0.2) is 6.54 Å². The van der Waals surface area contributed by atoms with E-state index in [1.165, 1.54) is 11.1 Å². The quantitative estimate of drug-likeness (QED) is 0.702. The fourth-order valence-corrected chi connectivity index (χ4v) is 4.33. The van der Waals surface area contributed by atoms with Crippen molar-refractivity contribution in [1.82, 2.24) is 5.32 Å². The molecule has 0 aliphatic carbocycles. The summed E-state index contributed by atoms with van der Waals surface area (Å²) < 4.78 is 27.1. The molecule has 1 N–H and O–H groups in total. The van der Waals surface area contributed by atoms with Crippen molar-refractivity contribution in [2.75, 3.05) is 6.54 Å². The highest BCUT2D eigenvalue weighted by Crippen LogP contribution is 2.40. The van der Waals surface area contributed by atoms with Crippen LogP contribution in [0.3, 0.4) is 0 Å². The van der Waals surface area contributed by atoms with Crippen LogP contribution in [0.1, 0.15) is 80.7 Å². The summed E-state index contributed by atoms with van der Waals surface area (Å²) in [5.74, 6) is 1.47. The van der Waals surface area contributed by atoms with Gasteiger partial charge in [0.15, 0.2) is 0 Å². The van der Waals surface area contributed by atoms with Gasteiger partial charge in [0.05, 0.1) is 0 Å². The molecule has 0 fully saturated rings. The fraction of sp³-hybridized carbons (Fsp3) is 0.700. The van der Waals surface area contributed by atoms with Crippen molar-refractivity contribution in [3.8, 4) is 0 Å². The summed E-state index contributed by atoms with van der Waals surface area (Å²) in [6.45, 7) is 12.5. The Morgan fingerprint density at radius 2 is 1.78 bits per heavy atom. The van der Waals surface area contributed by atoms with E-state index in [1.54, 1.807) is 0 Å². The van der Waals surface area contributed by atoms with Gasteiger partial charge in [-0.3, -0.25) is 0 Å². The highest BCUT2D eigenvalue weighted by atomic mass is 19.3. The Labute approximate surface area is 139 Å². The lowest BCUT2D eigenvalue weighted by Crippen LogP contribution is -2.28. The molecule has 1 nitrogen and oxygen atoms in total. The van der Waals surface area contributed by atoms with Gasteiger partial charge in [-0.05, 0) is 66.0 Å². The molecule has 3 heteroatoms. The first-order valence-corrected chi connectivity index (χ1v) is 9.06. The molecule has 0 aromatic heterocycles. The van der Waals surface area contributed by atoms with Gasteiger partial charge in [-0.2, -0.15) is 0 Å². The number of nitrogens with one attached hydrogen (secondary N) is 1. The van der Waals surface area contributed by atoms with E-state index in [1.807, 2.05) is 13.0 Å². The van der Waals surface area contributed by atoms with Gasteiger partial charge in [-0.25, -0.2) is 8.78 Å². The second kappa shape index (κ2) is 7.74. The summed E-state index contributed by atoms with van der Waals surface area (Å²) in [7, 11) is 0. The van der Waals surface area contributed by atoms with Gasteiger partial charge in [0, 0.05) is 12.1 Å². The van der Waals surface area contributed by atoms with E-state index < -0.39 is 6.43 Å². The first kappa shape index (κ1) is 18.4. The van der Waals surface area contributed by atoms with Crippen LogP contribution >= 0.6 is 0 Å². The van der Waals surface area contributed by atoms with Crippen molar-refractivity contribution >= 4 is 0 Å². The Kier molecular flexibility index (Phi) is 6.19. The van der Waals surface area contributed by atoms with Crippen molar-refractivity contribution < 1.29 is 8.78 Å². The highest BCUT2D eigenvalue weighted by molar-refractivity contribution is 5.48. The maximum Gasteiger partial charge on any atom is 0.264 e. The molecule has 0 amide bonds. The van der Waals surface area contributed by atoms with Crippen molar-refractivity contribution in [3.05, 3.63) is 33.9 Å². The Hall–Kier alpha value is -0.960. The molecule has 2 rings (SSSR count). The summed E-state index contributed by atoms with van der Waals surface area (Å²) in [5, 5.41) is 3.42. The third-order valence-electron chi connectivity index (χ3n) is 5.98. The van der Waals surface area contributed by atoms with E-state index in [9.17, 15) is 8.78 Å². The second-order valence-corrected chi connectivity index (χ2v) is 7.11. The second-order valence-electron chi connectivity index (χ2n) is 7.11. The zero-order valence-electron chi connectivity index (χ0n) is 15.2. The van der Waals surface area contributed by atoms with E-state index >= 15 is 0 Å². The summed E-state index contributed by atoms with van der Waals surface area (Å²) in [4.78, 5) is 0. The van der Waals surface area contributed by atoms with Crippen LogP contribution in [0.4, 0.5) is 8.78 Å². The van der Waals surface area contributed by atoms with E-state index in [0.29, 0.717) is 17.8 Å². The molecule has 1 aromatic carbocycles. The maximum atomic E-state index is 13.5. The number of benzene rings is 1. The lowest BCUT2D eigenvalue weighted by molar-refractivity contribution is 0.150. The van der Waals surface area contributed by atoms with Crippen molar-refractivity contribution in [2.24, 2.45) is 11.8 Å². The maximum absolute atomic E-state index is 13.5. The molecule has 0 saturated carbocycles. The van der Waals surface area contributed by atoms with E-state index in [-0.39, 0.29) is 5.56 Å². The molecule has 3 unspecified atom stereocenters. The summed E-state index contributed by atoms with van der Waals surface area (Å²) in [5.41, 5.74) is 4.66. The minimum atomic E-state index is -2.38. The normalized spacial score (nSPS) is 18.6. The average Bonchev–Trinajstić information content (AvgIpc) is 2.55. The standard InChI is InChI=1S/C20H31F2N/c1-6-12(3)15(7-2)13(4)17-10-18(20(21)22)14(5)16-8-9-23-11-19(16)17/h10,12-13,15,20,23H,6-9,11H2,1-5H3. The molecule has 130 valence electrons. The van der Waals surface area contributed by atoms with Gasteiger partial charge in [-0.15, -0.1) is 0 Å². The van der Waals surface area contributed by atoms with Crippen molar-refractivity contribution in [2.45, 2.75) is 72.8 Å². The van der Waals surface area contributed by atoms with Crippen LogP contribution in [0, 0.1) is 18.8 Å². The first-order valence-electron chi connectivity index (χ1n) is 9.06. The highest BCUT2D eigenvalue weighted by Gasteiger charge is 2.28. The predicted octanol–water partition coefficient (Wildman–Crippen LogP) is 5.75. The summed E-state index contributed by atoms with van der Waals surface area (Å²) in [6.07, 6.45) is 0.708. The monoisotopic (exact) mass is 323 g/mol. The molecule has 0 saturated heterocycles. The van der Waals surface area contributed by atoms with E-state index in [2.05, 4.69) is 33.0 Å². The van der Waals surface area contributed by atoms with Crippen molar-refractivity contribution in [3.63, 3.8) is 0 Å². The molecule has 1 aromatic rings. The molecule has 0 bridgehead atoms. The molecular weight excluding hydrogens is 292 g/mol. The van der Waals surface area contributed by atoms with Gasteiger partial charge in [0.25, 0.3) is 6.43 Å². The Morgan fingerprint density at radius 3 is 2.35 bits per heavy atom. The Bertz CT molecular complexity index is 539. The van der Waals surface area contributed by atoms with Crippen LogP contribution in [0.25, 0.3) is 0 Å². The van der Waals surface area contributed by atoms with Gasteiger partial charge in [0.1, 0.15) is 0 Å². The van der Waals surface area contributed by atoms with Crippen molar-refractivity contribution in [1.29, 1.82) is 0 Å². The van der Waals surface area contributed by atoms with Crippen LogP contribution in [0.15, 0.2) is 6.07 Å². The zero-order valence-corrected chi connectivity index (χ0v) is 15.2. The van der Waals surface area contributed by atoms with Crippen LogP contribution < -0.4 is 5.32 Å². The third kappa shape index (κ3) is 3.60. The van der Waals surface area contributed by atoms with E-state index in [0.717, 1.165) is 43.5 Å². The zero-order chi connectivity index (χ0) is 17.1. The molecule has 23 heavy (non-hydrogen) atoms. The third-order valence-corrected chi connectivity index (χ3v) is 5.98. The molecule has 1 aliphatic heterocycles. The van der Waals surface area contributed by atoms with E-state index in [4.69, 9.17) is 0 Å². The number of rotatable bonds is 6. The smallest absolute Gasteiger partial charge is 0.264 e. The molecule has 1 heterocycles. The van der Waals surface area contributed by atoms with Gasteiger partial charge in [-0.1, -0.05) is 40.5 Å². The van der Waals surface area contributed by atoms with Gasteiger partial charge >= 0.3 is 0 Å².